The Kier molecular flexibility index (Phi) is 5.28. The fraction of sp³-hybridized carbons (Fsp3) is 0.692. The first-order valence-corrected chi connectivity index (χ1v) is 6.85. The average molecular weight is 299 g/mol. The lowest BCUT2D eigenvalue weighted by molar-refractivity contribution is -0.142. The summed E-state index contributed by atoms with van der Waals surface area (Å²) in [7, 11) is 0. The fourth-order valence-corrected chi connectivity index (χ4v) is 2.23. The van der Waals surface area contributed by atoms with Crippen LogP contribution in [0, 0.1) is 0 Å². The van der Waals surface area contributed by atoms with Gasteiger partial charge in [0.1, 0.15) is 11.6 Å². The molecule has 1 aliphatic heterocycles. The molecule has 4 amide bonds. The van der Waals surface area contributed by atoms with Crippen LogP contribution in [0.3, 0.4) is 0 Å². The lowest BCUT2D eigenvalue weighted by Crippen LogP contribution is -2.50. The molecule has 1 heterocycles. The number of amides is 4. The zero-order valence-corrected chi connectivity index (χ0v) is 12.4. The Morgan fingerprint density at radius 3 is 2.52 bits per heavy atom. The number of unbranched alkanes of at least 4 members (excludes halogenated alkanes) is 1. The van der Waals surface area contributed by atoms with Crippen LogP contribution in [-0.4, -0.2) is 51.9 Å². The largest absolute Gasteiger partial charge is 0.480 e. The predicted molar refractivity (Wildman–Crippen MR) is 73.4 cm³/mol. The molecule has 0 aromatic carbocycles. The summed E-state index contributed by atoms with van der Waals surface area (Å²) in [4.78, 5) is 47.1. The van der Waals surface area contributed by atoms with Gasteiger partial charge in [-0.25, -0.2) is 9.59 Å². The molecule has 2 unspecified atom stereocenters. The van der Waals surface area contributed by atoms with E-state index in [1.54, 1.807) is 6.92 Å². The second-order valence-electron chi connectivity index (χ2n) is 5.37. The molecule has 1 saturated heterocycles. The van der Waals surface area contributed by atoms with Crippen molar-refractivity contribution in [2.45, 2.75) is 51.6 Å². The molecule has 0 aliphatic carbocycles. The van der Waals surface area contributed by atoms with Crippen molar-refractivity contribution in [3.63, 3.8) is 0 Å². The van der Waals surface area contributed by atoms with Crippen LogP contribution in [-0.2, 0) is 14.4 Å². The topological polar surface area (TPSA) is 116 Å². The van der Waals surface area contributed by atoms with E-state index in [2.05, 4.69) is 10.6 Å². The molecule has 0 bridgehead atoms. The summed E-state index contributed by atoms with van der Waals surface area (Å²) in [5, 5.41) is 13.8. The van der Waals surface area contributed by atoms with Crippen LogP contribution in [0.4, 0.5) is 4.79 Å². The van der Waals surface area contributed by atoms with Gasteiger partial charge in [0.2, 0.25) is 5.91 Å². The van der Waals surface area contributed by atoms with Crippen LogP contribution in [0.1, 0.15) is 40.0 Å². The predicted octanol–water partition coefficient (Wildman–Crippen LogP) is 0.0764. The van der Waals surface area contributed by atoms with Crippen molar-refractivity contribution in [2.24, 2.45) is 0 Å². The number of imide groups is 1. The lowest BCUT2D eigenvalue weighted by atomic mass is 9.95. The Hall–Kier alpha value is -2.12. The molecule has 0 aromatic heterocycles. The highest BCUT2D eigenvalue weighted by atomic mass is 16.4. The molecule has 118 valence electrons. The Labute approximate surface area is 122 Å². The van der Waals surface area contributed by atoms with Crippen molar-refractivity contribution >= 4 is 23.8 Å². The van der Waals surface area contributed by atoms with Gasteiger partial charge in [0.25, 0.3) is 5.91 Å². The van der Waals surface area contributed by atoms with Crippen molar-refractivity contribution < 1.29 is 24.3 Å². The second-order valence-corrected chi connectivity index (χ2v) is 5.37. The quantitative estimate of drug-likeness (QED) is 0.576. The van der Waals surface area contributed by atoms with E-state index in [9.17, 15) is 19.2 Å². The van der Waals surface area contributed by atoms with Gasteiger partial charge in [-0.1, -0.05) is 19.8 Å². The summed E-state index contributed by atoms with van der Waals surface area (Å²) < 4.78 is 0. The molecule has 1 fully saturated rings. The fourth-order valence-electron chi connectivity index (χ4n) is 2.23. The molecule has 0 spiro atoms. The van der Waals surface area contributed by atoms with Gasteiger partial charge in [-0.3, -0.25) is 14.5 Å². The van der Waals surface area contributed by atoms with E-state index in [0.717, 1.165) is 17.7 Å². The van der Waals surface area contributed by atoms with Gasteiger partial charge >= 0.3 is 12.0 Å². The Balaban J connectivity index is 2.83. The van der Waals surface area contributed by atoms with E-state index in [0.29, 0.717) is 6.42 Å². The van der Waals surface area contributed by atoms with Gasteiger partial charge in [-0.05, 0) is 13.3 Å². The van der Waals surface area contributed by atoms with Gasteiger partial charge in [-0.15, -0.1) is 0 Å². The highest BCUT2D eigenvalue weighted by Crippen LogP contribution is 2.23. The number of carbonyl (C=O) groups excluding carboxylic acids is 3. The molecular formula is C13H21N3O5. The number of carbonyl (C=O) groups is 4. The molecule has 21 heavy (non-hydrogen) atoms. The minimum absolute atomic E-state index is 0.388. The van der Waals surface area contributed by atoms with Crippen molar-refractivity contribution in [3.05, 3.63) is 0 Å². The van der Waals surface area contributed by atoms with Crippen molar-refractivity contribution in [2.75, 3.05) is 6.54 Å². The Morgan fingerprint density at radius 1 is 1.43 bits per heavy atom. The van der Waals surface area contributed by atoms with Crippen molar-refractivity contribution in [1.29, 1.82) is 0 Å². The van der Waals surface area contributed by atoms with E-state index in [4.69, 9.17) is 5.11 Å². The molecule has 2 atom stereocenters. The highest BCUT2D eigenvalue weighted by Gasteiger charge is 2.48. The van der Waals surface area contributed by atoms with E-state index in [-0.39, 0.29) is 6.54 Å². The first-order valence-electron chi connectivity index (χ1n) is 6.85. The molecular weight excluding hydrogens is 278 g/mol. The molecule has 1 rings (SSSR count). The lowest BCUT2D eigenvalue weighted by Gasteiger charge is -2.22. The minimum atomic E-state index is -1.31. The number of hydrogen-bond acceptors (Lipinski definition) is 4. The zero-order chi connectivity index (χ0) is 16.2. The van der Waals surface area contributed by atoms with E-state index in [1.807, 2.05) is 6.92 Å². The van der Waals surface area contributed by atoms with Gasteiger partial charge in [-0.2, -0.15) is 0 Å². The summed E-state index contributed by atoms with van der Waals surface area (Å²) in [6, 6.07) is -1.94. The van der Waals surface area contributed by atoms with Gasteiger partial charge in [0.05, 0.1) is 6.54 Å². The van der Waals surface area contributed by atoms with Crippen LogP contribution in [0.15, 0.2) is 0 Å². The monoisotopic (exact) mass is 299 g/mol. The summed E-state index contributed by atoms with van der Waals surface area (Å²) in [6.07, 6.45) is 2.13. The molecule has 8 nitrogen and oxygen atoms in total. The standard InChI is InChI=1S/C13H21N3O5/c1-4-5-6-13(3)11(20)16(12(21)15-13)7-9(10(18)19)14-8(2)17/h9H,4-7H2,1-3H3,(H,14,17)(H,15,21)(H,18,19). The SMILES string of the molecule is CCCCC1(C)NC(=O)N(CC(NC(C)=O)C(=O)O)C1=O. The summed E-state index contributed by atoms with van der Waals surface area (Å²) in [5.74, 6) is -2.30. The molecule has 0 aromatic rings. The summed E-state index contributed by atoms with van der Waals surface area (Å²) in [5.41, 5.74) is -1.01. The van der Waals surface area contributed by atoms with E-state index < -0.39 is 35.4 Å². The summed E-state index contributed by atoms with van der Waals surface area (Å²) >= 11 is 0. The van der Waals surface area contributed by atoms with E-state index in [1.165, 1.54) is 6.92 Å². The number of hydrogen-bond donors (Lipinski definition) is 3. The smallest absolute Gasteiger partial charge is 0.328 e. The maximum Gasteiger partial charge on any atom is 0.328 e. The number of aliphatic carboxylic acids is 1. The second kappa shape index (κ2) is 6.55. The van der Waals surface area contributed by atoms with Crippen LogP contribution in [0.5, 0.6) is 0 Å². The Bertz CT molecular complexity index is 465. The number of rotatable bonds is 7. The molecule has 1 aliphatic rings. The third kappa shape index (κ3) is 3.93. The first kappa shape index (κ1) is 16.9. The van der Waals surface area contributed by atoms with Crippen molar-refractivity contribution in [1.82, 2.24) is 15.5 Å². The molecule has 0 radical (unpaired) electrons. The molecule has 3 N–H and O–H groups in total. The van der Waals surface area contributed by atoms with Crippen LogP contribution < -0.4 is 10.6 Å². The third-order valence-corrected chi connectivity index (χ3v) is 3.42. The maximum atomic E-state index is 12.3. The van der Waals surface area contributed by atoms with Crippen LogP contribution in [0.2, 0.25) is 0 Å². The zero-order valence-electron chi connectivity index (χ0n) is 12.4. The van der Waals surface area contributed by atoms with Gasteiger partial charge in [0.15, 0.2) is 0 Å². The number of nitrogens with one attached hydrogen (secondary N) is 2. The number of carboxylic acid groups (broad SMARTS) is 1. The van der Waals surface area contributed by atoms with Gasteiger partial charge < -0.3 is 15.7 Å². The summed E-state index contributed by atoms with van der Waals surface area (Å²) in [6.45, 7) is 4.38. The van der Waals surface area contributed by atoms with E-state index >= 15 is 0 Å². The minimum Gasteiger partial charge on any atom is -0.480 e. The van der Waals surface area contributed by atoms with Crippen LogP contribution in [0.25, 0.3) is 0 Å². The number of carboxylic acids is 1. The molecule has 0 saturated carbocycles. The van der Waals surface area contributed by atoms with Gasteiger partial charge in [0, 0.05) is 6.92 Å². The Morgan fingerprint density at radius 2 is 2.05 bits per heavy atom. The van der Waals surface area contributed by atoms with Crippen LogP contribution >= 0.6 is 0 Å². The number of nitrogens with zero attached hydrogens (tertiary/aromatic N) is 1. The molecule has 8 heteroatoms. The highest BCUT2D eigenvalue weighted by molar-refractivity contribution is 6.07. The first-order chi connectivity index (χ1) is 9.71. The normalized spacial score (nSPS) is 22.9. The van der Waals surface area contributed by atoms with Crippen molar-refractivity contribution in [3.8, 4) is 0 Å². The number of urea groups is 1. The maximum absolute atomic E-state index is 12.3. The average Bonchev–Trinajstić information content (AvgIpc) is 2.59. The third-order valence-electron chi connectivity index (χ3n) is 3.42.